The zero-order valence-electron chi connectivity index (χ0n) is 12.3. The monoisotopic (exact) mass is 362 g/mol. The van der Waals surface area contributed by atoms with Crippen LogP contribution in [0.4, 0.5) is 8.78 Å². The molecule has 2 unspecified atom stereocenters. The molecule has 0 aromatic heterocycles. The molecule has 1 saturated heterocycles. The fraction of sp³-hybridized carbons (Fsp3) is 0.600. The van der Waals surface area contributed by atoms with E-state index >= 15 is 0 Å². The van der Waals surface area contributed by atoms with E-state index in [1.165, 1.54) is 12.1 Å². The lowest BCUT2D eigenvalue weighted by molar-refractivity contribution is -0.0285. The molecule has 118 valence electrons. The third-order valence-corrected chi connectivity index (χ3v) is 5.12. The lowest BCUT2D eigenvalue weighted by atomic mass is 9.82. The molecular weight excluding hydrogens is 342 g/mol. The Morgan fingerprint density at radius 1 is 1.38 bits per heavy atom. The van der Waals surface area contributed by atoms with Gasteiger partial charge in [0.2, 0.25) is 0 Å². The first-order chi connectivity index (χ1) is 9.91. The molecule has 1 heterocycles. The van der Waals surface area contributed by atoms with Gasteiger partial charge in [-0.25, -0.2) is 8.78 Å². The third-order valence-electron chi connectivity index (χ3n) is 4.51. The summed E-state index contributed by atoms with van der Waals surface area (Å²) in [6.07, 6.45) is 0.694. The number of benzene rings is 1. The van der Waals surface area contributed by atoms with E-state index in [0.717, 1.165) is 13.1 Å². The largest absolute Gasteiger partial charge is 0.379 e. The van der Waals surface area contributed by atoms with Gasteiger partial charge in [0.15, 0.2) is 0 Å². The Labute approximate surface area is 132 Å². The van der Waals surface area contributed by atoms with Crippen LogP contribution >= 0.6 is 15.9 Å². The molecule has 0 amide bonds. The third kappa shape index (κ3) is 3.13. The zero-order chi connectivity index (χ0) is 15.6. The van der Waals surface area contributed by atoms with Crippen LogP contribution in [0.5, 0.6) is 0 Å². The van der Waals surface area contributed by atoms with Crippen LogP contribution in [-0.2, 0) is 4.74 Å². The van der Waals surface area contributed by atoms with Gasteiger partial charge in [-0.1, -0.05) is 6.92 Å². The summed E-state index contributed by atoms with van der Waals surface area (Å²) in [4.78, 5) is 2.17. The molecule has 0 spiro atoms. The number of rotatable bonds is 4. The second-order valence-electron chi connectivity index (χ2n) is 5.54. The maximum absolute atomic E-state index is 14.3. The molecule has 0 saturated carbocycles. The van der Waals surface area contributed by atoms with Crippen LogP contribution in [0.15, 0.2) is 16.6 Å². The summed E-state index contributed by atoms with van der Waals surface area (Å²) in [6, 6.07) is 1.86. The smallest absolute Gasteiger partial charge is 0.145 e. The molecule has 1 aromatic carbocycles. The van der Waals surface area contributed by atoms with Crippen LogP contribution in [0.1, 0.15) is 31.9 Å². The number of nitrogens with zero attached hydrogens (tertiary/aromatic N) is 1. The molecule has 0 radical (unpaired) electrons. The highest BCUT2D eigenvalue weighted by molar-refractivity contribution is 9.10. The fourth-order valence-corrected chi connectivity index (χ4v) is 3.20. The second kappa shape index (κ2) is 6.69. The Kier molecular flexibility index (Phi) is 5.35. The van der Waals surface area contributed by atoms with E-state index in [1.54, 1.807) is 0 Å². The van der Waals surface area contributed by atoms with Crippen molar-refractivity contribution in [2.45, 2.75) is 31.8 Å². The van der Waals surface area contributed by atoms with Crippen molar-refractivity contribution in [2.24, 2.45) is 5.73 Å². The van der Waals surface area contributed by atoms with Crippen molar-refractivity contribution in [3.05, 3.63) is 33.8 Å². The summed E-state index contributed by atoms with van der Waals surface area (Å²) in [5.74, 6) is -1.22. The number of hydrogen-bond acceptors (Lipinski definition) is 3. The molecule has 1 aliphatic rings. The van der Waals surface area contributed by atoms with E-state index in [2.05, 4.69) is 20.8 Å². The van der Waals surface area contributed by atoms with Crippen molar-refractivity contribution in [3.63, 3.8) is 0 Å². The van der Waals surface area contributed by atoms with E-state index < -0.39 is 23.2 Å². The number of morpholine rings is 1. The number of ether oxygens (including phenoxy) is 1. The van der Waals surface area contributed by atoms with Crippen LogP contribution < -0.4 is 5.73 Å². The summed E-state index contributed by atoms with van der Waals surface area (Å²) in [6.45, 7) is 6.62. The first-order valence-corrected chi connectivity index (χ1v) is 7.93. The van der Waals surface area contributed by atoms with Crippen molar-refractivity contribution >= 4 is 15.9 Å². The maximum Gasteiger partial charge on any atom is 0.145 e. The van der Waals surface area contributed by atoms with E-state index in [0.29, 0.717) is 19.6 Å². The van der Waals surface area contributed by atoms with E-state index in [1.807, 2.05) is 13.8 Å². The Morgan fingerprint density at radius 2 is 2.00 bits per heavy atom. The molecule has 1 aliphatic heterocycles. The van der Waals surface area contributed by atoms with Gasteiger partial charge in [0.25, 0.3) is 0 Å². The molecule has 3 nitrogen and oxygen atoms in total. The topological polar surface area (TPSA) is 38.5 Å². The van der Waals surface area contributed by atoms with Crippen LogP contribution in [-0.4, -0.2) is 36.7 Å². The minimum atomic E-state index is -0.752. The van der Waals surface area contributed by atoms with Gasteiger partial charge in [0, 0.05) is 24.2 Å². The minimum Gasteiger partial charge on any atom is -0.379 e. The minimum absolute atomic E-state index is 0.0554. The molecule has 2 N–H and O–H groups in total. The van der Waals surface area contributed by atoms with Gasteiger partial charge in [0.05, 0.1) is 23.7 Å². The van der Waals surface area contributed by atoms with Gasteiger partial charge in [-0.05, 0) is 41.4 Å². The molecule has 6 heteroatoms. The van der Waals surface area contributed by atoms with Crippen LogP contribution in [0.2, 0.25) is 0 Å². The highest BCUT2D eigenvalue weighted by Crippen LogP contribution is 2.37. The van der Waals surface area contributed by atoms with Crippen LogP contribution in [0, 0.1) is 11.6 Å². The van der Waals surface area contributed by atoms with Gasteiger partial charge >= 0.3 is 0 Å². The zero-order valence-corrected chi connectivity index (χ0v) is 13.9. The lowest BCUT2D eigenvalue weighted by Crippen LogP contribution is -2.57. The Bertz CT molecular complexity index is 509. The SMILES string of the molecule is CCC(C)(C(N)c1c(F)ccc(Br)c1F)N1CCOCC1. The molecule has 1 aromatic rings. The summed E-state index contributed by atoms with van der Waals surface area (Å²) in [5.41, 5.74) is 5.73. The standard InChI is InChI=1S/C15H21BrF2N2O/c1-3-15(2,20-6-8-21-9-7-20)14(19)12-11(17)5-4-10(16)13(12)18/h4-5,14H,3,6-9,19H2,1-2H3. The molecule has 0 aliphatic carbocycles. The number of nitrogens with two attached hydrogens (primary N) is 1. The van der Waals surface area contributed by atoms with Crippen molar-refractivity contribution in [1.82, 2.24) is 4.90 Å². The molecular formula is C15H21BrF2N2O. The van der Waals surface area contributed by atoms with Crippen LogP contribution in [0.25, 0.3) is 0 Å². The highest BCUT2D eigenvalue weighted by atomic mass is 79.9. The highest BCUT2D eigenvalue weighted by Gasteiger charge is 2.40. The van der Waals surface area contributed by atoms with Crippen molar-refractivity contribution in [3.8, 4) is 0 Å². The summed E-state index contributed by atoms with van der Waals surface area (Å²) < 4.78 is 34.1. The average molecular weight is 363 g/mol. The predicted octanol–water partition coefficient (Wildman–Crippen LogP) is 3.23. The summed E-state index contributed by atoms with van der Waals surface area (Å²) >= 11 is 3.10. The van der Waals surface area contributed by atoms with Crippen molar-refractivity contribution < 1.29 is 13.5 Å². The van der Waals surface area contributed by atoms with Gasteiger partial charge in [-0.15, -0.1) is 0 Å². The van der Waals surface area contributed by atoms with Crippen molar-refractivity contribution in [2.75, 3.05) is 26.3 Å². The quantitative estimate of drug-likeness (QED) is 0.835. The normalized spacial score (nSPS) is 21.0. The molecule has 0 bridgehead atoms. The van der Waals surface area contributed by atoms with E-state index in [9.17, 15) is 8.78 Å². The van der Waals surface area contributed by atoms with Crippen LogP contribution in [0.3, 0.4) is 0 Å². The predicted molar refractivity (Wildman–Crippen MR) is 82.1 cm³/mol. The molecule has 2 rings (SSSR count). The summed E-state index contributed by atoms with van der Waals surface area (Å²) in [7, 11) is 0. The summed E-state index contributed by atoms with van der Waals surface area (Å²) in [5, 5.41) is 0. The average Bonchev–Trinajstić information content (AvgIpc) is 2.51. The maximum atomic E-state index is 14.3. The molecule has 1 fully saturated rings. The van der Waals surface area contributed by atoms with E-state index in [-0.39, 0.29) is 10.0 Å². The van der Waals surface area contributed by atoms with Gasteiger partial charge in [-0.2, -0.15) is 0 Å². The van der Waals surface area contributed by atoms with Gasteiger partial charge in [0.1, 0.15) is 11.6 Å². The molecule has 21 heavy (non-hydrogen) atoms. The van der Waals surface area contributed by atoms with Gasteiger partial charge < -0.3 is 10.5 Å². The molecule has 2 atom stereocenters. The number of halogens is 3. The Morgan fingerprint density at radius 3 is 2.57 bits per heavy atom. The Balaban J connectivity index is 2.40. The van der Waals surface area contributed by atoms with Gasteiger partial charge in [-0.3, -0.25) is 4.90 Å². The lowest BCUT2D eigenvalue weighted by Gasteiger charge is -2.46. The van der Waals surface area contributed by atoms with E-state index in [4.69, 9.17) is 10.5 Å². The van der Waals surface area contributed by atoms with Crippen molar-refractivity contribution in [1.29, 1.82) is 0 Å². The first kappa shape index (κ1) is 16.8. The first-order valence-electron chi connectivity index (χ1n) is 7.13. The fourth-order valence-electron chi connectivity index (χ4n) is 2.85. The Hall–Kier alpha value is -0.560. The second-order valence-corrected chi connectivity index (χ2v) is 6.40. The number of hydrogen-bond donors (Lipinski definition) is 1.